The van der Waals surface area contributed by atoms with Crippen LogP contribution in [0.2, 0.25) is 0 Å². The lowest BCUT2D eigenvalue weighted by Crippen LogP contribution is -2.50. The molecule has 4 aliphatic carbocycles. The summed E-state index contributed by atoms with van der Waals surface area (Å²) in [5.41, 5.74) is 2.60. The third-order valence-electron chi connectivity index (χ3n) is 10.3. The van der Waals surface area contributed by atoms with Gasteiger partial charge in [-0.3, -0.25) is 0 Å². The average molecular weight is 417 g/mol. The Balaban J connectivity index is 0.00000124. The van der Waals surface area contributed by atoms with Crippen LogP contribution < -0.4 is 0 Å². The summed E-state index contributed by atoms with van der Waals surface area (Å²) >= 11 is 0. The molecule has 0 radical (unpaired) electrons. The normalized spacial score (nSPS) is 43.6. The Morgan fingerprint density at radius 1 is 0.967 bits per heavy atom. The third kappa shape index (κ3) is 4.31. The van der Waals surface area contributed by atoms with Crippen molar-refractivity contribution in [1.29, 1.82) is 0 Å². The maximum Gasteiger partial charge on any atom is 0.0577 e. The minimum atomic E-state index is -0.0766. The molecule has 4 aliphatic rings. The molecule has 174 valence electrons. The lowest BCUT2D eigenvalue weighted by molar-refractivity contribution is -0.0573. The molecule has 1 N–H and O–H groups in total. The van der Waals surface area contributed by atoms with E-state index in [4.69, 9.17) is 0 Å². The molecule has 0 heterocycles. The van der Waals surface area contributed by atoms with Crippen molar-refractivity contribution < 1.29 is 5.11 Å². The second kappa shape index (κ2) is 9.68. The molecule has 0 aromatic rings. The molecule has 8 atom stereocenters. The zero-order chi connectivity index (χ0) is 22.1. The van der Waals surface area contributed by atoms with Crippen LogP contribution in [0.25, 0.3) is 0 Å². The van der Waals surface area contributed by atoms with Crippen LogP contribution in [0.5, 0.6) is 0 Å². The van der Waals surface area contributed by atoms with Crippen molar-refractivity contribution in [3.63, 3.8) is 0 Å². The van der Waals surface area contributed by atoms with Gasteiger partial charge in [0.1, 0.15) is 0 Å². The average Bonchev–Trinajstić information content (AvgIpc) is 3.07. The smallest absolute Gasteiger partial charge is 0.0577 e. The van der Waals surface area contributed by atoms with E-state index in [1.54, 1.807) is 5.57 Å². The fourth-order valence-corrected chi connectivity index (χ4v) is 8.67. The Morgan fingerprint density at radius 2 is 1.70 bits per heavy atom. The maximum atomic E-state index is 10.2. The van der Waals surface area contributed by atoms with Gasteiger partial charge in [0.05, 0.1) is 6.10 Å². The number of hydrogen-bond donors (Lipinski definition) is 1. The van der Waals surface area contributed by atoms with Crippen molar-refractivity contribution in [1.82, 2.24) is 0 Å². The van der Waals surface area contributed by atoms with E-state index in [1.807, 2.05) is 13.8 Å². The molecule has 0 saturated heterocycles. The number of hydrogen-bond acceptors (Lipinski definition) is 1. The van der Waals surface area contributed by atoms with E-state index in [-0.39, 0.29) is 6.10 Å². The van der Waals surface area contributed by atoms with Gasteiger partial charge in [0.25, 0.3) is 0 Å². The fraction of sp³-hybridized carbons (Fsp3) is 0.931. The molecule has 3 fully saturated rings. The van der Waals surface area contributed by atoms with Crippen molar-refractivity contribution in [2.75, 3.05) is 0 Å². The number of allylic oxidation sites excluding steroid dienone is 1. The largest absolute Gasteiger partial charge is 0.393 e. The van der Waals surface area contributed by atoms with Gasteiger partial charge in [0, 0.05) is 0 Å². The minimum Gasteiger partial charge on any atom is -0.393 e. The Bertz CT molecular complexity index is 591. The van der Waals surface area contributed by atoms with Crippen LogP contribution in [0, 0.1) is 46.3 Å². The van der Waals surface area contributed by atoms with Gasteiger partial charge in [0.2, 0.25) is 0 Å². The van der Waals surface area contributed by atoms with E-state index >= 15 is 0 Å². The molecule has 4 rings (SSSR count). The van der Waals surface area contributed by atoms with Gasteiger partial charge in [-0.05, 0) is 97.7 Å². The predicted molar refractivity (Wildman–Crippen MR) is 130 cm³/mol. The number of fused-ring (bicyclic) bond motifs is 5. The number of aliphatic hydroxyl groups is 1. The summed E-state index contributed by atoms with van der Waals surface area (Å²) in [5, 5.41) is 10.2. The predicted octanol–water partition coefficient (Wildman–Crippen LogP) is 8.41. The second-order valence-corrected chi connectivity index (χ2v) is 12.2. The van der Waals surface area contributed by atoms with E-state index in [0.29, 0.717) is 10.8 Å². The molecule has 1 heteroatoms. The highest BCUT2D eigenvalue weighted by atomic mass is 16.3. The Labute approximate surface area is 188 Å². The Morgan fingerprint density at radius 3 is 2.40 bits per heavy atom. The van der Waals surface area contributed by atoms with E-state index in [0.717, 1.165) is 48.3 Å². The van der Waals surface area contributed by atoms with Crippen LogP contribution in [0.4, 0.5) is 0 Å². The van der Waals surface area contributed by atoms with Gasteiger partial charge >= 0.3 is 0 Å². The lowest BCUT2D eigenvalue weighted by atomic mass is 9.47. The summed E-state index contributed by atoms with van der Waals surface area (Å²) in [5.74, 6) is 5.46. The molecular weight excluding hydrogens is 364 g/mol. The van der Waals surface area contributed by atoms with Crippen molar-refractivity contribution >= 4 is 0 Å². The highest BCUT2D eigenvalue weighted by Crippen LogP contribution is 2.67. The summed E-state index contributed by atoms with van der Waals surface area (Å²) in [6.45, 7) is 16.6. The SMILES string of the molecule is CC.CC(C)CCCC(C)C1CCC2C3CC=C4CC(O)CC[C@]4(C)C3CCC12C. The molecular formula is C29H52O. The van der Waals surface area contributed by atoms with Crippen molar-refractivity contribution in [2.24, 2.45) is 46.3 Å². The number of aliphatic hydroxyl groups excluding tert-OH is 1. The van der Waals surface area contributed by atoms with Crippen LogP contribution in [-0.2, 0) is 0 Å². The van der Waals surface area contributed by atoms with Crippen LogP contribution in [0.15, 0.2) is 11.6 Å². The zero-order valence-corrected chi connectivity index (χ0v) is 21.3. The molecule has 0 aliphatic heterocycles. The summed E-state index contributed by atoms with van der Waals surface area (Å²) < 4.78 is 0. The first-order chi connectivity index (χ1) is 14.3. The fourth-order valence-electron chi connectivity index (χ4n) is 8.67. The van der Waals surface area contributed by atoms with Gasteiger partial charge in [-0.2, -0.15) is 0 Å². The maximum absolute atomic E-state index is 10.2. The monoisotopic (exact) mass is 416 g/mol. The summed E-state index contributed by atoms with van der Waals surface area (Å²) in [6.07, 6.45) is 17.2. The minimum absolute atomic E-state index is 0.0766. The van der Waals surface area contributed by atoms with Crippen LogP contribution in [0.3, 0.4) is 0 Å². The molecule has 0 amide bonds. The molecule has 3 saturated carbocycles. The van der Waals surface area contributed by atoms with Crippen molar-refractivity contribution in [3.8, 4) is 0 Å². The first-order valence-electron chi connectivity index (χ1n) is 13.6. The van der Waals surface area contributed by atoms with Gasteiger partial charge in [-0.25, -0.2) is 0 Å². The molecule has 7 unspecified atom stereocenters. The van der Waals surface area contributed by atoms with Crippen molar-refractivity contribution in [2.45, 2.75) is 125 Å². The molecule has 30 heavy (non-hydrogen) atoms. The van der Waals surface area contributed by atoms with E-state index in [1.165, 1.54) is 57.8 Å². The molecule has 1 nitrogen and oxygen atoms in total. The quantitative estimate of drug-likeness (QED) is 0.446. The van der Waals surface area contributed by atoms with E-state index in [9.17, 15) is 5.11 Å². The van der Waals surface area contributed by atoms with Gasteiger partial charge in [-0.1, -0.05) is 79.4 Å². The number of rotatable bonds is 5. The molecule has 0 bridgehead atoms. The van der Waals surface area contributed by atoms with Gasteiger partial charge in [-0.15, -0.1) is 0 Å². The first kappa shape index (κ1) is 24.3. The van der Waals surface area contributed by atoms with Gasteiger partial charge in [0.15, 0.2) is 0 Å². The zero-order valence-electron chi connectivity index (χ0n) is 21.3. The second-order valence-electron chi connectivity index (χ2n) is 12.2. The van der Waals surface area contributed by atoms with E-state index < -0.39 is 0 Å². The summed E-state index contributed by atoms with van der Waals surface area (Å²) in [4.78, 5) is 0. The first-order valence-corrected chi connectivity index (χ1v) is 13.6. The summed E-state index contributed by atoms with van der Waals surface area (Å²) in [7, 11) is 0. The van der Waals surface area contributed by atoms with Gasteiger partial charge < -0.3 is 5.11 Å². The highest BCUT2D eigenvalue weighted by Gasteiger charge is 2.59. The molecule has 0 aromatic heterocycles. The topological polar surface area (TPSA) is 20.2 Å². The lowest BCUT2D eigenvalue weighted by Gasteiger charge is -2.58. The van der Waals surface area contributed by atoms with Crippen LogP contribution in [0.1, 0.15) is 119 Å². The molecule has 0 aromatic carbocycles. The van der Waals surface area contributed by atoms with E-state index in [2.05, 4.69) is 40.7 Å². The third-order valence-corrected chi connectivity index (χ3v) is 10.3. The van der Waals surface area contributed by atoms with Crippen molar-refractivity contribution in [3.05, 3.63) is 11.6 Å². The standard InChI is InChI=1S/C27H46O.C2H6/c1-18(2)7-6-8-19(3)23-11-12-24-22-10-9-20-17-21(28)13-15-26(20,4)25(22)14-16-27(23,24)5;1-2/h9,18-19,21-25,28H,6-8,10-17H2,1-5H3;1-2H3/t19?,21?,22?,23?,24?,25?,26-,27?;/m0./s1. The Hall–Kier alpha value is -0.300. The summed E-state index contributed by atoms with van der Waals surface area (Å²) in [6, 6.07) is 0. The van der Waals surface area contributed by atoms with Crippen LogP contribution >= 0.6 is 0 Å². The Kier molecular flexibility index (Phi) is 7.85. The van der Waals surface area contributed by atoms with Crippen LogP contribution in [-0.4, -0.2) is 11.2 Å². The highest BCUT2D eigenvalue weighted by molar-refractivity contribution is 5.25. The molecule has 0 spiro atoms.